The molecule has 0 bridgehead atoms. The number of piperazine rings is 1. The van der Waals surface area contributed by atoms with E-state index in [0.717, 1.165) is 41.9 Å². The zero-order chi connectivity index (χ0) is 21.6. The molecule has 1 aromatic heterocycles. The molecule has 6 nitrogen and oxygen atoms in total. The molecule has 2 aromatic carbocycles. The van der Waals surface area contributed by atoms with Crippen molar-refractivity contribution < 1.29 is 4.79 Å². The first kappa shape index (κ1) is 21.5. The molecular formula is C24H26BrN5O. The Morgan fingerprint density at radius 2 is 1.77 bits per heavy atom. The van der Waals surface area contributed by atoms with Gasteiger partial charge in [-0.3, -0.25) is 4.79 Å². The molecule has 0 unspecified atom stereocenters. The number of nitrogens with one attached hydrogen (secondary N) is 1. The zero-order valence-electron chi connectivity index (χ0n) is 17.6. The first-order chi connectivity index (χ1) is 15.1. The van der Waals surface area contributed by atoms with E-state index in [1.807, 2.05) is 30.3 Å². The number of likely N-dealkylation sites (N-methyl/N-ethyl adjacent to an activating group) is 1. The third kappa shape index (κ3) is 5.89. The lowest BCUT2D eigenvalue weighted by molar-refractivity contribution is -0.115. The predicted octanol–water partition coefficient (Wildman–Crippen LogP) is 3.76. The monoisotopic (exact) mass is 479 g/mol. The third-order valence-corrected chi connectivity index (χ3v) is 6.26. The van der Waals surface area contributed by atoms with Crippen molar-refractivity contribution >= 4 is 33.3 Å². The second-order valence-corrected chi connectivity index (χ2v) is 8.70. The molecule has 160 valence electrons. The summed E-state index contributed by atoms with van der Waals surface area (Å²) in [6.07, 6.45) is 2.48. The highest BCUT2D eigenvalue weighted by Crippen LogP contribution is 2.19. The van der Waals surface area contributed by atoms with Gasteiger partial charge in [-0.1, -0.05) is 46.3 Å². The van der Waals surface area contributed by atoms with Crippen LogP contribution in [0, 0.1) is 0 Å². The van der Waals surface area contributed by atoms with Crippen LogP contribution in [0.25, 0.3) is 0 Å². The van der Waals surface area contributed by atoms with Crippen molar-refractivity contribution in [2.24, 2.45) is 0 Å². The van der Waals surface area contributed by atoms with Crippen molar-refractivity contribution in [3.63, 3.8) is 0 Å². The van der Waals surface area contributed by atoms with Gasteiger partial charge in [-0.05, 0) is 36.4 Å². The molecule has 7 heteroatoms. The number of amides is 1. The van der Waals surface area contributed by atoms with E-state index in [1.54, 1.807) is 0 Å². The fraction of sp³-hybridized carbons (Fsp3) is 0.292. The Bertz CT molecular complexity index is 1030. The quantitative estimate of drug-likeness (QED) is 0.582. The fourth-order valence-electron chi connectivity index (χ4n) is 3.66. The van der Waals surface area contributed by atoms with Crippen molar-refractivity contribution in [1.82, 2.24) is 14.9 Å². The number of benzene rings is 2. The molecule has 1 N–H and O–H groups in total. The number of carbonyl (C=O) groups excluding carboxylic acids is 1. The number of aromatic nitrogens is 2. The van der Waals surface area contributed by atoms with Crippen LogP contribution >= 0.6 is 15.9 Å². The van der Waals surface area contributed by atoms with Crippen LogP contribution < -0.4 is 10.2 Å². The highest BCUT2D eigenvalue weighted by molar-refractivity contribution is 9.10. The molecule has 1 saturated heterocycles. The van der Waals surface area contributed by atoms with Gasteiger partial charge in [0, 0.05) is 48.8 Å². The maximum Gasteiger partial charge on any atom is 0.229 e. The molecule has 1 fully saturated rings. The topological polar surface area (TPSA) is 61.4 Å². The van der Waals surface area contributed by atoms with E-state index in [2.05, 4.69) is 72.3 Å². The minimum atomic E-state index is -0.104. The van der Waals surface area contributed by atoms with E-state index >= 15 is 0 Å². The minimum Gasteiger partial charge on any atom is -0.369 e. The average Bonchev–Trinajstić information content (AvgIpc) is 2.77. The Kier molecular flexibility index (Phi) is 6.94. The zero-order valence-corrected chi connectivity index (χ0v) is 19.2. The van der Waals surface area contributed by atoms with Gasteiger partial charge in [-0.15, -0.1) is 0 Å². The lowest BCUT2D eigenvalue weighted by atomic mass is 10.1. The van der Waals surface area contributed by atoms with Crippen LogP contribution in [0.4, 0.5) is 11.5 Å². The van der Waals surface area contributed by atoms with Crippen molar-refractivity contribution in [2.45, 2.75) is 12.8 Å². The first-order valence-electron chi connectivity index (χ1n) is 10.4. The smallest absolute Gasteiger partial charge is 0.229 e. The van der Waals surface area contributed by atoms with Crippen LogP contribution in [-0.4, -0.2) is 54.0 Å². The number of rotatable bonds is 6. The van der Waals surface area contributed by atoms with Crippen LogP contribution in [0.5, 0.6) is 0 Å². The van der Waals surface area contributed by atoms with E-state index in [4.69, 9.17) is 0 Å². The molecule has 31 heavy (non-hydrogen) atoms. The van der Waals surface area contributed by atoms with Gasteiger partial charge >= 0.3 is 0 Å². The predicted molar refractivity (Wildman–Crippen MR) is 127 cm³/mol. The second kappa shape index (κ2) is 10.0. The molecule has 3 aromatic rings. The molecule has 0 atom stereocenters. The number of halogens is 1. The Hall–Kier alpha value is -2.77. The van der Waals surface area contributed by atoms with Crippen molar-refractivity contribution in [1.29, 1.82) is 0 Å². The van der Waals surface area contributed by atoms with E-state index in [9.17, 15) is 4.79 Å². The molecule has 1 amide bonds. The SMILES string of the molecule is CN1CCN(c2ccc(Cc3cc(NC(=O)Cc4ccccc4Br)ncn3)cc2)CC1. The van der Waals surface area contributed by atoms with Crippen LogP contribution in [0.1, 0.15) is 16.8 Å². The molecule has 2 heterocycles. The summed E-state index contributed by atoms with van der Waals surface area (Å²) in [5.74, 6) is 0.421. The van der Waals surface area contributed by atoms with Crippen molar-refractivity contribution in [3.8, 4) is 0 Å². The minimum absolute atomic E-state index is 0.104. The van der Waals surface area contributed by atoms with Crippen LogP contribution in [0.15, 0.2) is 65.4 Å². The fourth-order valence-corrected chi connectivity index (χ4v) is 4.09. The van der Waals surface area contributed by atoms with E-state index in [0.29, 0.717) is 12.2 Å². The molecule has 1 aliphatic heterocycles. The first-order valence-corrected chi connectivity index (χ1v) is 11.2. The molecular weight excluding hydrogens is 454 g/mol. The van der Waals surface area contributed by atoms with Crippen LogP contribution in [-0.2, 0) is 17.6 Å². The van der Waals surface area contributed by atoms with Gasteiger partial charge in [0.25, 0.3) is 0 Å². The Balaban J connectivity index is 1.36. The average molecular weight is 480 g/mol. The van der Waals surface area contributed by atoms with Gasteiger partial charge in [0.1, 0.15) is 12.1 Å². The maximum absolute atomic E-state index is 12.4. The van der Waals surface area contributed by atoms with Crippen LogP contribution in [0.3, 0.4) is 0 Å². The Morgan fingerprint density at radius 3 is 2.52 bits per heavy atom. The summed E-state index contributed by atoms with van der Waals surface area (Å²) in [6.45, 7) is 4.31. The second-order valence-electron chi connectivity index (χ2n) is 7.84. The van der Waals surface area contributed by atoms with Gasteiger partial charge in [0.2, 0.25) is 5.91 Å². The standard InChI is InChI=1S/C24H26BrN5O/c1-29-10-12-30(13-11-29)21-8-6-18(7-9-21)14-20-16-23(27-17-26-20)28-24(31)15-19-4-2-3-5-22(19)25/h2-9,16-17H,10-15H2,1H3,(H,26,27,28,31). The van der Waals surface area contributed by atoms with E-state index in [1.165, 1.54) is 17.6 Å². The maximum atomic E-state index is 12.4. The van der Waals surface area contributed by atoms with Gasteiger partial charge in [-0.25, -0.2) is 9.97 Å². The summed E-state index contributed by atoms with van der Waals surface area (Å²) >= 11 is 3.48. The Morgan fingerprint density at radius 1 is 1.03 bits per heavy atom. The summed E-state index contributed by atoms with van der Waals surface area (Å²) in [6, 6.07) is 18.2. The third-order valence-electron chi connectivity index (χ3n) is 5.49. The summed E-state index contributed by atoms with van der Waals surface area (Å²) < 4.78 is 0.925. The number of anilines is 2. The largest absolute Gasteiger partial charge is 0.369 e. The highest BCUT2D eigenvalue weighted by atomic mass is 79.9. The van der Waals surface area contributed by atoms with Crippen molar-refractivity contribution in [3.05, 3.63) is 82.2 Å². The lowest BCUT2D eigenvalue weighted by Gasteiger charge is -2.34. The number of hydrogen-bond donors (Lipinski definition) is 1. The molecule has 0 saturated carbocycles. The van der Waals surface area contributed by atoms with Gasteiger partial charge < -0.3 is 15.1 Å². The molecule has 4 rings (SSSR count). The summed E-state index contributed by atoms with van der Waals surface area (Å²) in [7, 11) is 2.17. The number of nitrogens with zero attached hydrogens (tertiary/aromatic N) is 4. The number of carbonyl (C=O) groups is 1. The van der Waals surface area contributed by atoms with E-state index in [-0.39, 0.29) is 12.3 Å². The van der Waals surface area contributed by atoms with Crippen molar-refractivity contribution in [2.75, 3.05) is 43.4 Å². The lowest BCUT2D eigenvalue weighted by Crippen LogP contribution is -2.44. The summed E-state index contributed by atoms with van der Waals surface area (Å²) in [4.78, 5) is 25.8. The van der Waals surface area contributed by atoms with Gasteiger partial charge in [-0.2, -0.15) is 0 Å². The van der Waals surface area contributed by atoms with Gasteiger partial charge in [0.15, 0.2) is 0 Å². The van der Waals surface area contributed by atoms with E-state index < -0.39 is 0 Å². The number of hydrogen-bond acceptors (Lipinski definition) is 5. The Labute approximate surface area is 191 Å². The van der Waals surface area contributed by atoms with Crippen LogP contribution in [0.2, 0.25) is 0 Å². The summed E-state index contributed by atoms with van der Waals surface area (Å²) in [5, 5.41) is 2.88. The van der Waals surface area contributed by atoms with Gasteiger partial charge in [0.05, 0.1) is 12.1 Å². The molecule has 0 radical (unpaired) electrons. The normalized spacial score (nSPS) is 14.5. The molecule has 0 spiro atoms. The molecule has 0 aliphatic carbocycles. The highest BCUT2D eigenvalue weighted by Gasteiger charge is 2.14. The summed E-state index contributed by atoms with van der Waals surface area (Å²) in [5.41, 5.74) is 4.26. The molecule has 1 aliphatic rings.